The number of rotatable bonds is 11. The number of hydrogen-bond acceptors (Lipinski definition) is 8. The fourth-order valence-electron chi connectivity index (χ4n) is 13.6. The number of alkyl carbamates (subject to hydrolysis) is 2. The molecule has 4 N–H and O–H groups in total. The van der Waals surface area contributed by atoms with Crippen molar-refractivity contribution in [3.8, 4) is 33.5 Å². The number of fused-ring (bicyclic) bond motifs is 9. The Bertz CT molecular complexity index is 2900. The van der Waals surface area contributed by atoms with Gasteiger partial charge in [0.1, 0.15) is 23.7 Å². The third-order valence-electron chi connectivity index (χ3n) is 17.1. The highest BCUT2D eigenvalue weighted by atomic mass is 16.5. The maximum absolute atomic E-state index is 14.1. The molecule has 0 radical (unpaired) electrons. The topological polar surface area (TPSA) is 175 Å². The van der Waals surface area contributed by atoms with E-state index in [1.54, 1.807) is 0 Å². The second-order valence-electron chi connectivity index (χ2n) is 22.3. The van der Waals surface area contributed by atoms with Crippen LogP contribution in [0.15, 0.2) is 48.7 Å². The number of imidazole rings is 2. The zero-order chi connectivity index (χ0) is 48.9. The summed E-state index contributed by atoms with van der Waals surface area (Å²) in [6.45, 7) is 13.3. The van der Waals surface area contributed by atoms with Gasteiger partial charge in [0, 0.05) is 18.7 Å². The van der Waals surface area contributed by atoms with E-state index in [0.717, 1.165) is 47.6 Å². The summed E-state index contributed by atoms with van der Waals surface area (Å²) in [7, 11) is 2.64. The Labute approximate surface area is 410 Å². The Morgan fingerprint density at radius 1 is 0.671 bits per heavy atom. The van der Waals surface area contributed by atoms with Crippen molar-refractivity contribution in [2.45, 2.75) is 135 Å². The molecule has 6 aliphatic rings. The van der Waals surface area contributed by atoms with E-state index in [1.807, 2.05) is 43.7 Å². The average molecular weight is 949 g/mol. The summed E-state index contributed by atoms with van der Waals surface area (Å²) in [4.78, 5) is 73.8. The number of H-pyrrole nitrogens is 2. The number of aromatic amines is 2. The predicted octanol–water partition coefficient (Wildman–Crippen LogP) is 10.3. The van der Waals surface area contributed by atoms with Gasteiger partial charge in [-0.3, -0.25) is 9.59 Å². The Kier molecular flexibility index (Phi) is 11.8. The minimum atomic E-state index is -0.698. The standard InChI is InChI=1S/C56H68N8O6/c1-27(2)49(61-55(67)69-7)53(65)63-25-29(5)19-44(63)51-57-24-43(60-51)37-15-17-39(48-36-13-11-31(36)22-40(37)48)38-16-14-35(46-33-9-10-34(21-33)47(38)46)32-12-18-41-42(23-32)59-52(58-41)45-20-30(6)26-64(45)54(66)50(28(3)4)62-56(68)70-8/h12,14-18,23-24,27-31,33-34,36,44-45,49-50H,9-11,13,19-22,25-26H2,1-8H3,(H,57,60)(H,58,59)(H,61,67)(H,62,68)/t29-,30-,31?,33?,34?,36?,44-,45-,49-,50-/m0/s1. The summed E-state index contributed by atoms with van der Waals surface area (Å²) in [6, 6.07) is 14.3. The third-order valence-corrected chi connectivity index (χ3v) is 17.1. The summed E-state index contributed by atoms with van der Waals surface area (Å²) < 4.78 is 9.74. The molecule has 3 aromatic carbocycles. The van der Waals surface area contributed by atoms with E-state index in [0.29, 0.717) is 36.8 Å². The molecule has 11 rings (SSSR count). The summed E-state index contributed by atoms with van der Waals surface area (Å²) in [5.74, 6) is 3.95. The van der Waals surface area contributed by atoms with Crippen LogP contribution in [0.3, 0.4) is 0 Å². The van der Waals surface area contributed by atoms with E-state index in [9.17, 15) is 19.2 Å². The van der Waals surface area contributed by atoms with Gasteiger partial charge in [0.2, 0.25) is 11.8 Å². The first-order valence-corrected chi connectivity index (χ1v) is 25.9. The molecule has 2 saturated carbocycles. The fourth-order valence-corrected chi connectivity index (χ4v) is 13.6. The molecule has 2 saturated heterocycles. The number of hydrogen-bond donors (Lipinski definition) is 4. The monoisotopic (exact) mass is 949 g/mol. The number of carbonyl (C=O) groups excluding carboxylic acids is 4. The highest BCUT2D eigenvalue weighted by molar-refractivity contribution is 5.90. The Balaban J connectivity index is 0.907. The molecule has 4 fully saturated rings. The summed E-state index contributed by atoms with van der Waals surface area (Å²) in [6.07, 6.45) is 9.47. The lowest BCUT2D eigenvalue weighted by atomic mass is 9.72. The van der Waals surface area contributed by atoms with Gasteiger partial charge in [0.15, 0.2) is 0 Å². The van der Waals surface area contributed by atoms with Gasteiger partial charge in [0.25, 0.3) is 0 Å². The number of likely N-dealkylation sites (tertiary alicyclic amines) is 2. The van der Waals surface area contributed by atoms with Gasteiger partial charge < -0.3 is 39.9 Å². The molecule has 14 heteroatoms. The highest BCUT2D eigenvalue weighted by Crippen LogP contribution is 2.61. The van der Waals surface area contributed by atoms with E-state index < -0.39 is 24.3 Å². The van der Waals surface area contributed by atoms with Crippen LogP contribution in [0.5, 0.6) is 0 Å². The molecule has 5 aromatic rings. The maximum Gasteiger partial charge on any atom is 0.407 e. The van der Waals surface area contributed by atoms with Gasteiger partial charge >= 0.3 is 12.2 Å². The largest absolute Gasteiger partial charge is 0.453 e. The van der Waals surface area contributed by atoms with Gasteiger partial charge in [-0.05, 0) is 155 Å². The van der Waals surface area contributed by atoms with Crippen LogP contribution in [0, 0.1) is 29.6 Å². The van der Waals surface area contributed by atoms with Crippen LogP contribution in [-0.4, -0.2) is 93.1 Å². The number of amides is 4. The normalized spacial score (nSPS) is 26.0. The number of nitrogens with zero attached hydrogens (tertiary/aromatic N) is 4. The molecule has 0 spiro atoms. The van der Waals surface area contributed by atoms with Crippen molar-refractivity contribution in [2.24, 2.45) is 29.6 Å². The smallest absolute Gasteiger partial charge is 0.407 e. The minimum absolute atomic E-state index is 0.109. The first-order valence-electron chi connectivity index (χ1n) is 25.9. The molecule has 2 bridgehead atoms. The molecular formula is C56H68N8O6. The van der Waals surface area contributed by atoms with E-state index in [1.165, 1.54) is 96.4 Å². The molecule has 368 valence electrons. The maximum atomic E-state index is 14.1. The molecule has 2 aliphatic heterocycles. The van der Waals surface area contributed by atoms with Crippen molar-refractivity contribution in [2.75, 3.05) is 27.3 Å². The summed E-state index contributed by atoms with van der Waals surface area (Å²) in [5.41, 5.74) is 15.3. The van der Waals surface area contributed by atoms with Gasteiger partial charge in [-0.15, -0.1) is 0 Å². The van der Waals surface area contributed by atoms with Gasteiger partial charge in [-0.25, -0.2) is 19.6 Å². The second kappa shape index (κ2) is 17.9. The van der Waals surface area contributed by atoms with Crippen LogP contribution in [0.4, 0.5) is 9.59 Å². The highest BCUT2D eigenvalue weighted by Gasteiger charge is 2.46. The predicted molar refractivity (Wildman–Crippen MR) is 268 cm³/mol. The number of aromatic nitrogens is 4. The first-order chi connectivity index (χ1) is 33.7. The van der Waals surface area contributed by atoms with Crippen molar-refractivity contribution in [1.82, 2.24) is 40.4 Å². The zero-order valence-corrected chi connectivity index (χ0v) is 41.9. The van der Waals surface area contributed by atoms with Crippen molar-refractivity contribution in [3.63, 3.8) is 0 Å². The van der Waals surface area contributed by atoms with Crippen LogP contribution in [0.2, 0.25) is 0 Å². The Morgan fingerprint density at radius 2 is 1.24 bits per heavy atom. The van der Waals surface area contributed by atoms with Gasteiger partial charge in [-0.2, -0.15) is 0 Å². The molecule has 4 heterocycles. The second-order valence-corrected chi connectivity index (χ2v) is 22.3. The number of ether oxygens (including phenoxy) is 2. The zero-order valence-electron chi connectivity index (χ0n) is 41.9. The van der Waals surface area contributed by atoms with Crippen molar-refractivity contribution in [1.29, 1.82) is 0 Å². The summed E-state index contributed by atoms with van der Waals surface area (Å²) >= 11 is 0. The molecule has 4 aliphatic carbocycles. The molecule has 14 nitrogen and oxygen atoms in total. The minimum Gasteiger partial charge on any atom is -0.453 e. The lowest BCUT2D eigenvalue weighted by molar-refractivity contribution is -0.136. The van der Waals surface area contributed by atoms with Crippen molar-refractivity contribution >= 4 is 35.0 Å². The van der Waals surface area contributed by atoms with Gasteiger partial charge in [-0.1, -0.05) is 71.9 Å². The molecule has 4 unspecified atom stereocenters. The van der Waals surface area contributed by atoms with Crippen LogP contribution in [-0.2, 0) is 25.5 Å². The first kappa shape index (κ1) is 46.2. The van der Waals surface area contributed by atoms with E-state index in [4.69, 9.17) is 19.4 Å². The fraction of sp³-hybridized carbons (Fsp3) is 0.536. The molecule has 2 aromatic heterocycles. The third kappa shape index (κ3) is 7.75. The van der Waals surface area contributed by atoms with Crippen molar-refractivity contribution in [3.05, 3.63) is 82.6 Å². The lowest BCUT2D eigenvalue weighted by Gasteiger charge is -2.32. The molecule has 70 heavy (non-hydrogen) atoms. The quantitative estimate of drug-likeness (QED) is 0.101. The number of nitrogens with one attached hydrogen (secondary N) is 4. The average Bonchev–Trinajstić information content (AvgIpc) is 4.22. The number of carbonyl (C=O) groups is 4. The van der Waals surface area contributed by atoms with Crippen LogP contribution in [0.1, 0.15) is 150 Å². The number of methoxy groups -OCH3 is 2. The van der Waals surface area contributed by atoms with Crippen LogP contribution >= 0.6 is 0 Å². The van der Waals surface area contributed by atoms with Gasteiger partial charge in [0.05, 0.1) is 49.2 Å². The summed E-state index contributed by atoms with van der Waals surface area (Å²) in [5, 5.41) is 5.55. The Morgan fingerprint density at radius 3 is 1.83 bits per heavy atom. The van der Waals surface area contributed by atoms with Crippen LogP contribution in [0.25, 0.3) is 44.5 Å². The van der Waals surface area contributed by atoms with E-state index >= 15 is 0 Å². The van der Waals surface area contributed by atoms with Crippen LogP contribution < -0.4 is 10.6 Å². The molecular weight excluding hydrogens is 881 g/mol. The SMILES string of the molecule is COC(=O)N[C@H](C(=O)N1C[C@@H](C)C[C@H]1c1ncc(-c2ccc(-c3ccc(-c4ccc5nc([C@@H]6C[C@H](C)CN6C(=O)[C@@H](NC(=O)OC)C(C)C)[nH]c5c4)c4c3C3CCC4C3)c3c2CC2CCC32)[nH]1)C(C)C. The molecule has 10 atom stereocenters. The molecule has 4 amide bonds. The van der Waals surface area contributed by atoms with E-state index in [-0.39, 0.29) is 47.6 Å². The lowest BCUT2D eigenvalue weighted by Crippen LogP contribution is -2.51. The Hall–Kier alpha value is -6.18. The number of benzene rings is 3. The van der Waals surface area contributed by atoms with Crippen molar-refractivity contribution < 1.29 is 28.7 Å². The van der Waals surface area contributed by atoms with E-state index in [2.05, 4.69) is 76.9 Å².